The van der Waals surface area contributed by atoms with E-state index < -0.39 is 0 Å². The molecule has 0 aliphatic rings. The van der Waals surface area contributed by atoms with E-state index in [4.69, 9.17) is 4.74 Å². The molecule has 0 bridgehead atoms. The van der Waals surface area contributed by atoms with E-state index in [1.165, 1.54) is 24.3 Å². The molecule has 0 spiro atoms. The Bertz CT molecular complexity index is 1010. The lowest BCUT2D eigenvalue weighted by molar-refractivity contribution is 0.0952. The van der Waals surface area contributed by atoms with Gasteiger partial charge >= 0.3 is 0 Å². The zero-order valence-corrected chi connectivity index (χ0v) is 18.7. The predicted molar refractivity (Wildman–Crippen MR) is 120 cm³/mol. The second-order valence-corrected chi connectivity index (χ2v) is 8.56. The minimum Gasteiger partial charge on any atom is -0.380 e. The van der Waals surface area contributed by atoms with Gasteiger partial charge in [0.2, 0.25) is 0 Å². The minimum atomic E-state index is -0.375. The second-order valence-electron chi connectivity index (χ2n) is 7.01. The third-order valence-corrected chi connectivity index (χ3v) is 5.14. The Morgan fingerprint density at radius 1 is 1.23 bits per heavy atom. The van der Waals surface area contributed by atoms with Gasteiger partial charge in [0.05, 0.1) is 24.7 Å². The first kappa shape index (κ1) is 23.0. The lowest BCUT2D eigenvalue weighted by Gasteiger charge is -2.11. The summed E-state index contributed by atoms with van der Waals surface area (Å²) in [7, 11) is 0. The summed E-state index contributed by atoms with van der Waals surface area (Å²) >= 11 is 1.58. The summed E-state index contributed by atoms with van der Waals surface area (Å²) in [4.78, 5) is 21.5. The van der Waals surface area contributed by atoms with Crippen molar-refractivity contribution in [3.8, 4) is 0 Å². The number of nitrogens with one attached hydrogen (secondary N) is 2. The molecule has 0 saturated carbocycles. The van der Waals surface area contributed by atoms with Crippen LogP contribution in [0.3, 0.4) is 0 Å². The highest BCUT2D eigenvalue weighted by molar-refractivity contribution is 7.99. The summed E-state index contributed by atoms with van der Waals surface area (Å²) in [5.41, 5.74) is 1.11. The van der Waals surface area contributed by atoms with Crippen molar-refractivity contribution in [3.05, 3.63) is 41.8 Å². The molecule has 0 radical (unpaired) electrons. The zero-order valence-electron chi connectivity index (χ0n) is 17.9. The molecule has 2 aromatic heterocycles. The van der Waals surface area contributed by atoms with Crippen molar-refractivity contribution in [1.29, 1.82) is 0 Å². The number of rotatable bonds is 11. The van der Waals surface area contributed by atoms with Gasteiger partial charge in [-0.05, 0) is 31.2 Å². The molecule has 1 aromatic carbocycles. The number of aromatic nitrogens is 4. The zero-order chi connectivity index (χ0) is 22.2. The van der Waals surface area contributed by atoms with Crippen LogP contribution in [0.4, 0.5) is 10.2 Å². The molecule has 0 saturated heterocycles. The van der Waals surface area contributed by atoms with Crippen molar-refractivity contribution in [2.75, 3.05) is 31.6 Å². The Labute approximate surface area is 185 Å². The van der Waals surface area contributed by atoms with Crippen LogP contribution in [0.2, 0.25) is 0 Å². The fourth-order valence-electron chi connectivity index (χ4n) is 2.86. The van der Waals surface area contributed by atoms with E-state index in [2.05, 4.69) is 39.5 Å². The van der Waals surface area contributed by atoms with E-state index in [9.17, 15) is 9.18 Å². The topological polar surface area (TPSA) is 94.0 Å². The van der Waals surface area contributed by atoms with Crippen LogP contribution in [-0.4, -0.2) is 57.2 Å². The normalized spacial score (nSPS) is 11.3. The van der Waals surface area contributed by atoms with Crippen LogP contribution in [0.1, 0.15) is 31.1 Å². The van der Waals surface area contributed by atoms with E-state index in [1.807, 2.05) is 6.92 Å². The van der Waals surface area contributed by atoms with Gasteiger partial charge in [0.1, 0.15) is 11.6 Å². The molecular formula is C21H27FN6O2S. The minimum absolute atomic E-state index is 0.264. The maximum atomic E-state index is 13.0. The number of nitrogens with zero attached hydrogens (tertiary/aromatic N) is 4. The van der Waals surface area contributed by atoms with Crippen molar-refractivity contribution in [3.63, 3.8) is 0 Å². The van der Waals surface area contributed by atoms with Gasteiger partial charge in [-0.2, -0.15) is 5.10 Å². The molecule has 3 rings (SSSR count). The van der Waals surface area contributed by atoms with Crippen molar-refractivity contribution >= 4 is 34.5 Å². The predicted octanol–water partition coefficient (Wildman–Crippen LogP) is 3.34. The number of carbonyl (C=O) groups is 1. The maximum absolute atomic E-state index is 13.0. The number of fused-ring (bicyclic) bond motifs is 1. The van der Waals surface area contributed by atoms with E-state index in [1.54, 1.807) is 22.6 Å². The third kappa shape index (κ3) is 6.38. The van der Waals surface area contributed by atoms with E-state index in [0.29, 0.717) is 54.5 Å². The SMILES string of the molecule is CCOCCNc1nc(SC(C)C)nc2c1cnn2CCNC(=O)c1ccc(F)cc1. The van der Waals surface area contributed by atoms with Gasteiger partial charge in [-0.1, -0.05) is 25.6 Å². The molecule has 3 aromatic rings. The van der Waals surface area contributed by atoms with Crippen LogP contribution in [0.15, 0.2) is 35.6 Å². The van der Waals surface area contributed by atoms with Crippen LogP contribution in [0.5, 0.6) is 0 Å². The first-order valence-electron chi connectivity index (χ1n) is 10.2. The van der Waals surface area contributed by atoms with Crippen LogP contribution in [0.25, 0.3) is 11.0 Å². The number of hydrogen-bond donors (Lipinski definition) is 2. The van der Waals surface area contributed by atoms with Gasteiger partial charge in [-0.3, -0.25) is 4.79 Å². The number of hydrogen-bond acceptors (Lipinski definition) is 7. The van der Waals surface area contributed by atoms with E-state index >= 15 is 0 Å². The lowest BCUT2D eigenvalue weighted by atomic mass is 10.2. The fourth-order valence-corrected chi connectivity index (χ4v) is 3.57. The Morgan fingerprint density at radius 2 is 2.00 bits per heavy atom. The highest BCUT2D eigenvalue weighted by Gasteiger charge is 2.14. The average Bonchev–Trinajstić information content (AvgIpc) is 3.14. The van der Waals surface area contributed by atoms with Crippen LogP contribution in [-0.2, 0) is 11.3 Å². The van der Waals surface area contributed by atoms with Gasteiger partial charge in [0.25, 0.3) is 5.91 Å². The van der Waals surface area contributed by atoms with Crippen molar-refractivity contribution < 1.29 is 13.9 Å². The highest BCUT2D eigenvalue weighted by atomic mass is 32.2. The molecule has 0 aliphatic carbocycles. The first-order chi connectivity index (χ1) is 15.0. The maximum Gasteiger partial charge on any atom is 0.251 e. The summed E-state index contributed by atoms with van der Waals surface area (Å²) in [6.45, 7) is 8.80. The van der Waals surface area contributed by atoms with Gasteiger partial charge in [0.15, 0.2) is 10.8 Å². The van der Waals surface area contributed by atoms with Crippen LogP contribution in [0, 0.1) is 5.82 Å². The summed E-state index contributed by atoms with van der Waals surface area (Å²) in [6, 6.07) is 5.44. The molecule has 31 heavy (non-hydrogen) atoms. The summed E-state index contributed by atoms with van der Waals surface area (Å²) in [5, 5.41) is 12.4. The van der Waals surface area contributed by atoms with E-state index in [-0.39, 0.29) is 11.7 Å². The third-order valence-electron chi connectivity index (χ3n) is 4.28. The van der Waals surface area contributed by atoms with Gasteiger partial charge in [-0.25, -0.2) is 19.0 Å². The molecule has 0 unspecified atom stereocenters. The second kappa shape index (κ2) is 11.1. The van der Waals surface area contributed by atoms with Crippen molar-refractivity contribution in [2.45, 2.75) is 37.7 Å². The first-order valence-corrected chi connectivity index (χ1v) is 11.1. The number of anilines is 1. The molecule has 2 N–H and O–H groups in total. The van der Waals surface area contributed by atoms with Gasteiger partial charge in [0, 0.05) is 30.5 Å². The molecule has 1 amide bonds. The quantitative estimate of drug-likeness (QED) is 0.265. The number of amides is 1. The fraction of sp³-hybridized carbons (Fsp3) is 0.429. The molecule has 10 heteroatoms. The molecule has 0 aliphatic heterocycles. The number of halogens is 1. The molecule has 2 heterocycles. The highest BCUT2D eigenvalue weighted by Crippen LogP contribution is 2.26. The molecular weight excluding hydrogens is 419 g/mol. The lowest BCUT2D eigenvalue weighted by Crippen LogP contribution is -2.27. The van der Waals surface area contributed by atoms with Crippen molar-refractivity contribution in [1.82, 2.24) is 25.1 Å². The summed E-state index contributed by atoms with van der Waals surface area (Å²) in [5.74, 6) is 0.0786. The molecule has 8 nitrogen and oxygen atoms in total. The summed E-state index contributed by atoms with van der Waals surface area (Å²) < 4.78 is 20.2. The molecule has 0 fully saturated rings. The largest absolute Gasteiger partial charge is 0.380 e. The molecule has 0 atom stereocenters. The Balaban J connectivity index is 1.72. The van der Waals surface area contributed by atoms with Gasteiger partial charge < -0.3 is 15.4 Å². The number of benzene rings is 1. The Morgan fingerprint density at radius 3 is 2.71 bits per heavy atom. The van der Waals surface area contributed by atoms with Gasteiger partial charge in [-0.15, -0.1) is 0 Å². The Kier molecular flexibility index (Phi) is 8.19. The smallest absolute Gasteiger partial charge is 0.251 e. The Hall–Kier alpha value is -2.72. The number of ether oxygens (including phenoxy) is 1. The van der Waals surface area contributed by atoms with Crippen LogP contribution < -0.4 is 10.6 Å². The summed E-state index contributed by atoms with van der Waals surface area (Å²) in [6.07, 6.45) is 1.73. The average molecular weight is 447 g/mol. The van der Waals surface area contributed by atoms with Crippen molar-refractivity contribution in [2.24, 2.45) is 0 Å². The van der Waals surface area contributed by atoms with Crippen LogP contribution >= 0.6 is 11.8 Å². The molecule has 166 valence electrons. The number of carbonyl (C=O) groups excluding carboxylic acids is 1. The number of thioether (sulfide) groups is 1. The monoisotopic (exact) mass is 446 g/mol. The van der Waals surface area contributed by atoms with E-state index in [0.717, 1.165) is 11.2 Å². The standard InChI is InChI=1S/C21H27FN6O2S/c1-4-30-12-10-23-18-17-13-25-28(19(17)27-21(26-18)31-14(2)3)11-9-24-20(29)15-5-7-16(22)8-6-15/h5-8,13-14H,4,9-12H2,1-3H3,(H,24,29)(H,23,26,27).